The van der Waals surface area contributed by atoms with E-state index >= 15 is 0 Å². The number of hydrogen-bond acceptors (Lipinski definition) is 6. The molecule has 6 nitrogen and oxygen atoms in total. The quantitative estimate of drug-likeness (QED) is 0.776. The predicted octanol–water partition coefficient (Wildman–Crippen LogP) is 0.853. The van der Waals surface area contributed by atoms with Gasteiger partial charge in [0.2, 0.25) is 11.7 Å². The van der Waals surface area contributed by atoms with Crippen LogP contribution in [0.3, 0.4) is 0 Å². The van der Waals surface area contributed by atoms with E-state index < -0.39 is 5.60 Å². The number of ketones is 1. The lowest BCUT2D eigenvalue weighted by Gasteiger charge is -2.32. The highest BCUT2D eigenvalue weighted by molar-refractivity contribution is 5.77. The Labute approximate surface area is 99.3 Å². The number of hydrogen-bond donors (Lipinski definition) is 0. The molecule has 0 unspecified atom stereocenters. The van der Waals surface area contributed by atoms with E-state index in [1.807, 2.05) is 0 Å². The minimum atomic E-state index is -0.531. The smallest absolute Gasteiger partial charge is 0.234 e. The lowest BCUT2D eigenvalue weighted by molar-refractivity contribution is -0.116. The van der Waals surface area contributed by atoms with Gasteiger partial charge in [0.05, 0.1) is 6.42 Å². The van der Waals surface area contributed by atoms with Gasteiger partial charge in [0, 0.05) is 33.2 Å². The van der Waals surface area contributed by atoms with E-state index in [1.165, 1.54) is 6.92 Å². The maximum absolute atomic E-state index is 11.0. The van der Waals surface area contributed by atoms with Gasteiger partial charge in [0.15, 0.2) is 0 Å². The summed E-state index contributed by atoms with van der Waals surface area (Å²) in [5, 5.41) is 3.92. The maximum Gasteiger partial charge on any atom is 0.234 e. The standard InChI is InChI=1S/C11H16N2O4/c1-8(14)7-9-12-10(13-17-9)11(15-2)3-5-16-6-4-11/h3-7H2,1-2H3. The van der Waals surface area contributed by atoms with E-state index in [9.17, 15) is 4.79 Å². The van der Waals surface area contributed by atoms with Crippen LogP contribution in [-0.4, -0.2) is 36.2 Å². The zero-order valence-corrected chi connectivity index (χ0v) is 10.1. The van der Waals surface area contributed by atoms with Crippen molar-refractivity contribution in [1.29, 1.82) is 0 Å². The SMILES string of the molecule is COC1(c2noc(CC(C)=O)n2)CCOCC1. The summed E-state index contributed by atoms with van der Waals surface area (Å²) < 4.78 is 15.9. The average Bonchev–Trinajstić information content (AvgIpc) is 2.78. The second-order valence-electron chi connectivity index (χ2n) is 4.20. The van der Waals surface area contributed by atoms with Gasteiger partial charge in [-0.05, 0) is 6.92 Å². The average molecular weight is 240 g/mol. The van der Waals surface area contributed by atoms with Gasteiger partial charge < -0.3 is 14.0 Å². The molecule has 17 heavy (non-hydrogen) atoms. The number of aromatic nitrogens is 2. The molecule has 1 aromatic rings. The molecule has 2 rings (SSSR count). The fourth-order valence-electron chi connectivity index (χ4n) is 1.94. The van der Waals surface area contributed by atoms with Crippen molar-refractivity contribution in [2.24, 2.45) is 0 Å². The van der Waals surface area contributed by atoms with Crippen molar-refractivity contribution in [3.05, 3.63) is 11.7 Å². The highest BCUT2D eigenvalue weighted by atomic mass is 16.5. The van der Waals surface area contributed by atoms with Crippen molar-refractivity contribution < 1.29 is 18.8 Å². The molecule has 1 fully saturated rings. The van der Waals surface area contributed by atoms with Gasteiger partial charge in [-0.15, -0.1) is 0 Å². The van der Waals surface area contributed by atoms with E-state index in [0.29, 0.717) is 37.8 Å². The van der Waals surface area contributed by atoms with E-state index in [4.69, 9.17) is 14.0 Å². The topological polar surface area (TPSA) is 74.5 Å². The highest BCUT2D eigenvalue weighted by Gasteiger charge is 2.39. The molecule has 94 valence electrons. The zero-order chi connectivity index (χ0) is 12.3. The van der Waals surface area contributed by atoms with Crippen LogP contribution in [0, 0.1) is 0 Å². The van der Waals surface area contributed by atoms with Crippen molar-refractivity contribution in [3.8, 4) is 0 Å². The molecule has 0 N–H and O–H groups in total. The Morgan fingerprint density at radius 2 is 2.18 bits per heavy atom. The van der Waals surface area contributed by atoms with Crippen molar-refractivity contribution in [2.75, 3.05) is 20.3 Å². The number of nitrogens with zero attached hydrogens (tertiary/aromatic N) is 2. The van der Waals surface area contributed by atoms with Gasteiger partial charge in [-0.25, -0.2) is 0 Å². The Morgan fingerprint density at radius 1 is 1.47 bits per heavy atom. The van der Waals surface area contributed by atoms with Crippen LogP contribution in [0.2, 0.25) is 0 Å². The van der Waals surface area contributed by atoms with Crippen LogP contribution in [-0.2, 0) is 26.3 Å². The summed E-state index contributed by atoms with van der Waals surface area (Å²) in [4.78, 5) is 15.2. The van der Waals surface area contributed by atoms with Crippen molar-refractivity contribution in [1.82, 2.24) is 10.1 Å². The molecule has 0 aromatic carbocycles. The predicted molar refractivity (Wildman–Crippen MR) is 57.4 cm³/mol. The minimum absolute atomic E-state index is 0.00126. The summed E-state index contributed by atoms with van der Waals surface area (Å²) in [6.07, 6.45) is 1.56. The Bertz CT molecular complexity index is 396. The monoisotopic (exact) mass is 240 g/mol. The molecule has 0 spiro atoms. The van der Waals surface area contributed by atoms with Crippen LogP contribution in [0.15, 0.2) is 4.52 Å². The summed E-state index contributed by atoms with van der Waals surface area (Å²) in [6, 6.07) is 0. The second-order valence-corrected chi connectivity index (χ2v) is 4.20. The van der Waals surface area contributed by atoms with Crippen molar-refractivity contribution in [3.63, 3.8) is 0 Å². The molecular weight excluding hydrogens is 224 g/mol. The number of carbonyl (C=O) groups excluding carboxylic acids is 1. The third-order valence-electron chi connectivity index (χ3n) is 2.97. The van der Waals surface area contributed by atoms with Crippen LogP contribution in [0.4, 0.5) is 0 Å². The van der Waals surface area contributed by atoms with Gasteiger partial charge in [0.25, 0.3) is 0 Å². The zero-order valence-electron chi connectivity index (χ0n) is 10.1. The van der Waals surface area contributed by atoms with Crippen LogP contribution >= 0.6 is 0 Å². The van der Waals surface area contributed by atoms with Gasteiger partial charge in [-0.2, -0.15) is 4.98 Å². The lowest BCUT2D eigenvalue weighted by atomic mass is 9.93. The van der Waals surface area contributed by atoms with E-state index in [-0.39, 0.29) is 12.2 Å². The molecule has 1 aliphatic heterocycles. The van der Waals surface area contributed by atoms with Gasteiger partial charge in [0.1, 0.15) is 11.4 Å². The molecule has 0 radical (unpaired) electrons. The number of Topliss-reactive ketones (excluding diaryl/α,β-unsaturated/α-hetero) is 1. The van der Waals surface area contributed by atoms with Crippen LogP contribution in [0.1, 0.15) is 31.5 Å². The molecule has 0 atom stereocenters. The highest BCUT2D eigenvalue weighted by Crippen LogP contribution is 2.33. The molecule has 1 aromatic heterocycles. The van der Waals surface area contributed by atoms with Crippen molar-refractivity contribution in [2.45, 2.75) is 31.8 Å². The van der Waals surface area contributed by atoms with E-state index in [2.05, 4.69) is 10.1 Å². The Kier molecular flexibility index (Phi) is 3.54. The molecule has 1 aliphatic rings. The molecule has 0 saturated carbocycles. The summed E-state index contributed by atoms with van der Waals surface area (Å²) in [5.41, 5.74) is -0.531. The Morgan fingerprint density at radius 3 is 2.76 bits per heavy atom. The molecule has 0 amide bonds. The summed E-state index contributed by atoms with van der Waals surface area (Å²) in [6.45, 7) is 2.72. The molecule has 0 aliphatic carbocycles. The van der Waals surface area contributed by atoms with Gasteiger partial charge in [-0.1, -0.05) is 5.16 Å². The first-order chi connectivity index (χ1) is 8.16. The van der Waals surface area contributed by atoms with Gasteiger partial charge >= 0.3 is 0 Å². The van der Waals surface area contributed by atoms with E-state index in [1.54, 1.807) is 7.11 Å². The lowest BCUT2D eigenvalue weighted by Crippen LogP contribution is -2.36. The third kappa shape index (κ3) is 2.53. The Balaban J connectivity index is 2.19. The number of carbonyl (C=O) groups is 1. The fourth-order valence-corrected chi connectivity index (χ4v) is 1.94. The first kappa shape index (κ1) is 12.2. The maximum atomic E-state index is 11.0. The number of rotatable bonds is 4. The van der Waals surface area contributed by atoms with Crippen LogP contribution in [0.25, 0.3) is 0 Å². The summed E-state index contributed by atoms with van der Waals surface area (Å²) in [7, 11) is 1.63. The molecule has 0 bridgehead atoms. The number of methoxy groups -OCH3 is 1. The number of ether oxygens (including phenoxy) is 2. The van der Waals surface area contributed by atoms with Gasteiger partial charge in [-0.3, -0.25) is 4.79 Å². The van der Waals surface area contributed by atoms with E-state index in [0.717, 1.165) is 0 Å². The van der Waals surface area contributed by atoms with Crippen LogP contribution < -0.4 is 0 Å². The third-order valence-corrected chi connectivity index (χ3v) is 2.97. The normalized spacial score (nSPS) is 19.2. The Hall–Kier alpha value is -1.27. The van der Waals surface area contributed by atoms with Crippen LogP contribution in [0.5, 0.6) is 0 Å². The molecule has 1 saturated heterocycles. The molecule has 2 heterocycles. The second kappa shape index (κ2) is 4.93. The van der Waals surface area contributed by atoms with Crippen molar-refractivity contribution >= 4 is 5.78 Å². The first-order valence-electron chi connectivity index (χ1n) is 5.62. The molecular formula is C11H16N2O4. The largest absolute Gasteiger partial charge is 0.381 e. The summed E-state index contributed by atoms with van der Waals surface area (Å²) >= 11 is 0. The summed E-state index contributed by atoms with van der Waals surface area (Å²) in [5.74, 6) is 0.855. The minimum Gasteiger partial charge on any atom is -0.381 e. The molecule has 6 heteroatoms. The fraction of sp³-hybridized carbons (Fsp3) is 0.727. The first-order valence-corrected chi connectivity index (χ1v) is 5.62.